The summed E-state index contributed by atoms with van der Waals surface area (Å²) in [4.78, 5) is 16.1. The Balaban J connectivity index is 2.15. The van der Waals surface area contributed by atoms with E-state index in [-0.39, 0.29) is 5.56 Å². The molecule has 3 rings (SSSR count). The first-order chi connectivity index (χ1) is 11.0. The van der Waals surface area contributed by atoms with Crippen LogP contribution in [-0.2, 0) is 0 Å². The molecule has 0 amide bonds. The first-order valence-corrected chi connectivity index (χ1v) is 8.39. The predicted molar refractivity (Wildman–Crippen MR) is 97.5 cm³/mol. The summed E-state index contributed by atoms with van der Waals surface area (Å²) in [5.41, 5.74) is 3.23. The lowest BCUT2D eigenvalue weighted by Gasteiger charge is -2.08. The third-order valence-corrected chi connectivity index (χ3v) is 4.41. The Kier molecular flexibility index (Phi) is 4.59. The van der Waals surface area contributed by atoms with Crippen LogP contribution in [0.4, 0.5) is 0 Å². The van der Waals surface area contributed by atoms with Crippen molar-refractivity contribution in [2.24, 2.45) is 0 Å². The second kappa shape index (κ2) is 6.64. The molecule has 0 aliphatic carbocycles. The fourth-order valence-corrected chi connectivity index (χ4v) is 2.72. The van der Waals surface area contributed by atoms with Crippen LogP contribution in [0.25, 0.3) is 22.5 Å². The van der Waals surface area contributed by atoms with Crippen molar-refractivity contribution in [2.75, 3.05) is 0 Å². The topological polar surface area (TPSA) is 50.2 Å². The van der Waals surface area contributed by atoms with E-state index in [4.69, 9.17) is 0 Å². The van der Waals surface area contributed by atoms with E-state index in [0.29, 0.717) is 11.4 Å². The highest BCUT2D eigenvalue weighted by molar-refractivity contribution is 9.10. The number of aromatic nitrogens is 1. The summed E-state index contributed by atoms with van der Waals surface area (Å²) in [6.45, 7) is 0. The van der Waals surface area contributed by atoms with Gasteiger partial charge in [-0.2, -0.15) is 0 Å². The Morgan fingerprint density at radius 2 is 1.17 bits per heavy atom. The fourth-order valence-electron chi connectivity index (χ4n) is 2.19. The molecule has 0 aliphatic heterocycles. The molecule has 1 aromatic heterocycles. The zero-order valence-corrected chi connectivity index (χ0v) is 15.0. The van der Waals surface area contributed by atoms with E-state index in [1.807, 2.05) is 48.5 Å². The molecule has 0 atom stereocenters. The number of rotatable bonds is 3. The van der Waals surface area contributed by atoms with Crippen LogP contribution in [0.1, 0.15) is 10.4 Å². The molecular weight excluding hydrogens is 422 g/mol. The first-order valence-electron chi connectivity index (χ1n) is 6.80. The standard InChI is InChI=1S/C18H11Br2NO2/c19-14-5-1-11(2-6-14)16-9-13(18(22)23)10-17(21-16)12-3-7-15(20)8-4-12/h1-10H,(H,22,23). The molecule has 0 fully saturated rings. The van der Waals surface area contributed by atoms with Crippen LogP contribution in [0.15, 0.2) is 69.6 Å². The van der Waals surface area contributed by atoms with E-state index in [2.05, 4.69) is 36.8 Å². The van der Waals surface area contributed by atoms with Crippen LogP contribution < -0.4 is 0 Å². The summed E-state index contributed by atoms with van der Waals surface area (Å²) < 4.78 is 1.92. The number of pyridine rings is 1. The van der Waals surface area contributed by atoms with Crippen LogP contribution in [0, 0.1) is 0 Å². The lowest BCUT2D eigenvalue weighted by molar-refractivity contribution is 0.0697. The molecule has 0 saturated heterocycles. The number of carboxylic acid groups (broad SMARTS) is 1. The maximum Gasteiger partial charge on any atom is 0.335 e. The van der Waals surface area contributed by atoms with Gasteiger partial charge < -0.3 is 5.11 Å². The van der Waals surface area contributed by atoms with Gasteiger partial charge in [-0.25, -0.2) is 9.78 Å². The molecule has 0 aliphatic rings. The molecule has 2 aromatic carbocycles. The van der Waals surface area contributed by atoms with Crippen molar-refractivity contribution in [1.29, 1.82) is 0 Å². The molecule has 1 N–H and O–H groups in total. The second-order valence-electron chi connectivity index (χ2n) is 4.95. The molecule has 0 spiro atoms. The first kappa shape index (κ1) is 15.9. The largest absolute Gasteiger partial charge is 0.478 e. The van der Waals surface area contributed by atoms with E-state index in [1.165, 1.54) is 0 Å². The van der Waals surface area contributed by atoms with Crippen LogP contribution >= 0.6 is 31.9 Å². The van der Waals surface area contributed by atoms with Gasteiger partial charge in [0, 0.05) is 20.1 Å². The molecule has 1 heterocycles. The highest BCUT2D eigenvalue weighted by atomic mass is 79.9. The van der Waals surface area contributed by atoms with Crippen molar-refractivity contribution in [2.45, 2.75) is 0 Å². The van der Waals surface area contributed by atoms with Crippen molar-refractivity contribution < 1.29 is 9.90 Å². The number of nitrogens with zero attached hydrogens (tertiary/aromatic N) is 1. The highest BCUT2D eigenvalue weighted by Gasteiger charge is 2.11. The molecule has 114 valence electrons. The number of hydrogen-bond donors (Lipinski definition) is 1. The number of halogens is 2. The van der Waals surface area contributed by atoms with Gasteiger partial charge in [0.1, 0.15) is 0 Å². The Morgan fingerprint density at radius 3 is 1.52 bits per heavy atom. The summed E-state index contributed by atoms with van der Waals surface area (Å²) in [6.07, 6.45) is 0. The number of carbonyl (C=O) groups is 1. The van der Waals surface area contributed by atoms with Crippen LogP contribution in [0.5, 0.6) is 0 Å². The van der Waals surface area contributed by atoms with E-state index in [1.54, 1.807) is 12.1 Å². The molecule has 23 heavy (non-hydrogen) atoms. The van der Waals surface area contributed by atoms with E-state index in [9.17, 15) is 9.90 Å². The molecule has 0 radical (unpaired) electrons. The van der Waals surface area contributed by atoms with Gasteiger partial charge in [-0.15, -0.1) is 0 Å². The Labute approximate surface area is 150 Å². The van der Waals surface area contributed by atoms with Gasteiger partial charge in [-0.05, 0) is 36.4 Å². The predicted octanol–water partition coefficient (Wildman–Crippen LogP) is 5.64. The Morgan fingerprint density at radius 1 is 0.783 bits per heavy atom. The number of benzene rings is 2. The van der Waals surface area contributed by atoms with Crippen LogP contribution in [0.3, 0.4) is 0 Å². The Hall–Kier alpha value is -1.98. The monoisotopic (exact) mass is 431 g/mol. The summed E-state index contributed by atoms with van der Waals surface area (Å²) in [7, 11) is 0. The van der Waals surface area contributed by atoms with Crippen molar-refractivity contribution in [3.63, 3.8) is 0 Å². The van der Waals surface area contributed by atoms with Gasteiger partial charge >= 0.3 is 5.97 Å². The lowest BCUT2D eigenvalue weighted by Crippen LogP contribution is -1.99. The molecule has 5 heteroatoms. The number of carboxylic acids is 1. The second-order valence-corrected chi connectivity index (χ2v) is 6.78. The Bertz CT molecular complexity index is 795. The van der Waals surface area contributed by atoms with Gasteiger partial charge in [0.25, 0.3) is 0 Å². The molecule has 3 nitrogen and oxygen atoms in total. The van der Waals surface area contributed by atoms with E-state index >= 15 is 0 Å². The number of aromatic carboxylic acids is 1. The zero-order chi connectivity index (χ0) is 16.4. The van der Waals surface area contributed by atoms with Crippen molar-refractivity contribution >= 4 is 37.8 Å². The summed E-state index contributed by atoms with van der Waals surface area (Å²) in [5.74, 6) is -0.968. The summed E-state index contributed by atoms with van der Waals surface area (Å²) >= 11 is 6.79. The fraction of sp³-hybridized carbons (Fsp3) is 0. The summed E-state index contributed by atoms with van der Waals surface area (Å²) in [6, 6.07) is 18.4. The van der Waals surface area contributed by atoms with Crippen molar-refractivity contribution in [1.82, 2.24) is 4.98 Å². The van der Waals surface area contributed by atoms with Gasteiger partial charge in [0.15, 0.2) is 0 Å². The molecule has 0 unspecified atom stereocenters. The molecular formula is C18H11Br2NO2. The highest BCUT2D eigenvalue weighted by Crippen LogP contribution is 2.27. The average molecular weight is 433 g/mol. The minimum Gasteiger partial charge on any atom is -0.478 e. The molecule has 0 bridgehead atoms. The minimum absolute atomic E-state index is 0.218. The van der Waals surface area contributed by atoms with E-state index < -0.39 is 5.97 Å². The normalized spacial score (nSPS) is 10.5. The minimum atomic E-state index is -0.968. The van der Waals surface area contributed by atoms with Gasteiger partial charge in [0.05, 0.1) is 17.0 Å². The maximum atomic E-state index is 11.4. The quantitative estimate of drug-likeness (QED) is 0.582. The van der Waals surface area contributed by atoms with Gasteiger partial charge in [-0.1, -0.05) is 56.1 Å². The molecule has 0 saturated carbocycles. The maximum absolute atomic E-state index is 11.4. The third-order valence-electron chi connectivity index (χ3n) is 3.35. The van der Waals surface area contributed by atoms with E-state index in [0.717, 1.165) is 20.1 Å². The smallest absolute Gasteiger partial charge is 0.335 e. The van der Waals surface area contributed by atoms with Crippen molar-refractivity contribution in [3.8, 4) is 22.5 Å². The number of hydrogen-bond acceptors (Lipinski definition) is 2. The van der Waals surface area contributed by atoms with Gasteiger partial charge in [0.2, 0.25) is 0 Å². The average Bonchev–Trinajstić information content (AvgIpc) is 2.55. The van der Waals surface area contributed by atoms with Crippen LogP contribution in [0.2, 0.25) is 0 Å². The van der Waals surface area contributed by atoms with Gasteiger partial charge in [-0.3, -0.25) is 0 Å². The zero-order valence-electron chi connectivity index (χ0n) is 11.8. The third kappa shape index (κ3) is 3.68. The SMILES string of the molecule is O=C(O)c1cc(-c2ccc(Br)cc2)nc(-c2ccc(Br)cc2)c1. The molecule has 3 aromatic rings. The lowest BCUT2D eigenvalue weighted by atomic mass is 10.0. The summed E-state index contributed by atoms with van der Waals surface area (Å²) in [5, 5.41) is 9.37. The van der Waals surface area contributed by atoms with Crippen LogP contribution in [-0.4, -0.2) is 16.1 Å². The van der Waals surface area contributed by atoms with Crippen molar-refractivity contribution in [3.05, 3.63) is 75.2 Å².